The number of benzene rings is 1. The van der Waals surface area contributed by atoms with E-state index in [4.69, 9.17) is 11.6 Å². The Kier molecular flexibility index (Phi) is 2.62. The Bertz CT molecular complexity index is 498. The Hall–Kier alpha value is -0.990. The Labute approximate surface area is 100 Å². The quantitative estimate of drug-likeness (QED) is 0.721. The lowest BCUT2D eigenvalue weighted by molar-refractivity contribution is 0.371. The van der Waals surface area contributed by atoms with Crippen molar-refractivity contribution in [2.24, 2.45) is 0 Å². The molecular weight excluding hydrogens is 220 g/mol. The molecule has 16 heavy (non-hydrogen) atoms. The molecule has 3 heteroatoms. The molecule has 0 aliphatic carbocycles. The van der Waals surface area contributed by atoms with Gasteiger partial charge in [0.2, 0.25) is 0 Å². The maximum Gasteiger partial charge on any atom is 0.0483 e. The Balaban J connectivity index is 2.03. The molecule has 1 aromatic heterocycles. The molecule has 0 saturated carbocycles. The van der Waals surface area contributed by atoms with Gasteiger partial charge in [-0.3, -0.25) is 0 Å². The van der Waals surface area contributed by atoms with Crippen LogP contribution in [0.2, 0.25) is 5.02 Å². The normalized spacial score (nSPS) is 18.1. The van der Waals surface area contributed by atoms with Crippen molar-refractivity contribution in [2.45, 2.75) is 18.9 Å². The van der Waals surface area contributed by atoms with Crippen LogP contribution < -0.4 is 5.32 Å². The second-order valence-electron chi connectivity index (χ2n) is 4.33. The average Bonchev–Trinajstić information content (AvgIpc) is 2.73. The van der Waals surface area contributed by atoms with Crippen LogP contribution in [0.3, 0.4) is 0 Å². The lowest BCUT2D eigenvalue weighted by Crippen LogP contribution is -2.24. The minimum absolute atomic E-state index is 0.608. The number of fused-ring (bicyclic) bond motifs is 1. The maximum absolute atomic E-state index is 5.99. The minimum atomic E-state index is 0.608. The summed E-state index contributed by atoms with van der Waals surface area (Å²) in [4.78, 5) is 0. The highest BCUT2D eigenvalue weighted by Gasteiger charge is 2.16. The summed E-state index contributed by atoms with van der Waals surface area (Å²) >= 11 is 5.99. The van der Waals surface area contributed by atoms with E-state index >= 15 is 0 Å². The summed E-state index contributed by atoms with van der Waals surface area (Å²) in [7, 11) is 0. The number of rotatable bonds is 1. The molecule has 1 saturated heterocycles. The Morgan fingerprint density at radius 2 is 2.00 bits per heavy atom. The molecule has 3 rings (SSSR count). The van der Waals surface area contributed by atoms with Gasteiger partial charge in [0.25, 0.3) is 0 Å². The Morgan fingerprint density at radius 3 is 2.81 bits per heavy atom. The van der Waals surface area contributed by atoms with E-state index in [-0.39, 0.29) is 0 Å². The molecule has 2 heterocycles. The highest BCUT2D eigenvalue weighted by Crippen LogP contribution is 2.27. The molecule has 1 aromatic carbocycles. The van der Waals surface area contributed by atoms with Crippen molar-refractivity contribution in [1.29, 1.82) is 0 Å². The second kappa shape index (κ2) is 4.11. The van der Waals surface area contributed by atoms with Crippen molar-refractivity contribution >= 4 is 22.5 Å². The van der Waals surface area contributed by atoms with Crippen molar-refractivity contribution in [3.05, 3.63) is 35.5 Å². The first-order valence-electron chi connectivity index (χ1n) is 5.74. The molecule has 1 aliphatic heterocycles. The van der Waals surface area contributed by atoms with E-state index in [9.17, 15) is 0 Å². The van der Waals surface area contributed by atoms with Crippen LogP contribution in [0, 0.1) is 0 Å². The third-order valence-corrected chi connectivity index (χ3v) is 3.55. The fourth-order valence-electron chi connectivity index (χ4n) is 2.47. The highest BCUT2D eigenvalue weighted by molar-refractivity contribution is 6.31. The first kappa shape index (κ1) is 10.2. The van der Waals surface area contributed by atoms with E-state index in [1.165, 1.54) is 10.9 Å². The summed E-state index contributed by atoms with van der Waals surface area (Å²) in [5.74, 6) is 0. The SMILES string of the molecule is Clc1ccc2c(ccn2C2CC[N]CC2)c1. The zero-order valence-corrected chi connectivity index (χ0v) is 9.82. The van der Waals surface area contributed by atoms with Gasteiger partial charge < -0.3 is 4.57 Å². The van der Waals surface area contributed by atoms with Gasteiger partial charge in [0.1, 0.15) is 0 Å². The van der Waals surface area contributed by atoms with Gasteiger partial charge in [0.05, 0.1) is 0 Å². The van der Waals surface area contributed by atoms with Gasteiger partial charge in [-0.25, -0.2) is 5.32 Å². The molecule has 1 aliphatic rings. The van der Waals surface area contributed by atoms with Crippen LogP contribution in [0.25, 0.3) is 10.9 Å². The molecule has 2 nitrogen and oxygen atoms in total. The summed E-state index contributed by atoms with van der Waals surface area (Å²) in [6, 6.07) is 8.86. The van der Waals surface area contributed by atoms with Gasteiger partial charge in [-0.15, -0.1) is 0 Å². The molecule has 0 bridgehead atoms. The maximum atomic E-state index is 5.99. The van der Waals surface area contributed by atoms with Crippen molar-refractivity contribution in [1.82, 2.24) is 9.88 Å². The summed E-state index contributed by atoms with van der Waals surface area (Å²) in [5.41, 5.74) is 1.29. The smallest absolute Gasteiger partial charge is 0.0483 e. The number of nitrogens with zero attached hydrogens (tertiary/aromatic N) is 2. The minimum Gasteiger partial charge on any atom is -0.344 e. The van der Waals surface area contributed by atoms with Gasteiger partial charge in [-0.1, -0.05) is 11.6 Å². The lowest BCUT2D eigenvalue weighted by Gasteiger charge is -2.24. The van der Waals surface area contributed by atoms with Gasteiger partial charge >= 0.3 is 0 Å². The highest BCUT2D eigenvalue weighted by atomic mass is 35.5. The first-order chi connectivity index (χ1) is 7.84. The summed E-state index contributed by atoms with van der Waals surface area (Å²) < 4.78 is 2.38. The second-order valence-corrected chi connectivity index (χ2v) is 4.76. The van der Waals surface area contributed by atoms with Crippen molar-refractivity contribution in [3.8, 4) is 0 Å². The van der Waals surface area contributed by atoms with E-state index in [0.717, 1.165) is 31.0 Å². The topological polar surface area (TPSA) is 19.0 Å². The van der Waals surface area contributed by atoms with Crippen LogP contribution in [0.15, 0.2) is 30.5 Å². The van der Waals surface area contributed by atoms with Crippen molar-refractivity contribution < 1.29 is 0 Å². The van der Waals surface area contributed by atoms with Crippen molar-refractivity contribution in [3.63, 3.8) is 0 Å². The van der Waals surface area contributed by atoms with Crippen LogP contribution >= 0.6 is 11.6 Å². The van der Waals surface area contributed by atoms with E-state index in [2.05, 4.69) is 28.2 Å². The molecule has 0 unspecified atom stereocenters. The average molecular weight is 234 g/mol. The largest absolute Gasteiger partial charge is 0.344 e. The van der Waals surface area contributed by atoms with E-state index < -0.39 is 0 Å². The number of halogens is 1. The summed E-state index contributed by atoms with van der Waals surface area (Å²) in [6.07, 6.45) is 4.50. The third-order valence-electron chi connectivity index (χ3n) is 3.32. The molecular formula is C13H14ClN2. The molecule has 83 valence electrons. The monoisotopic (exact) mass is 233 g/mol. The van der Waals surface area contributed by atoms with Gasteiger partial charge in [-0.05, 0) is 37.1 Å². The number of hydrogen-bond acceptors (Lipinski definition) is 0. The number of hydrogen-bond donors (Lipinski definition) is 0. The molecule has 0 atom stereocenters. The molecule has 0 spiro atoms. The molecule has 1 radical (unpaired) electrons. The zero-order valence-electron chi connectivity index (χ0n) is 9.06. The molecule has 0 N–H and O–H groups in total. The van der Waals surface area contributed by atoms with Gasteiger partial charge in [0.15, 0.2) is 0 Å². The number of aromatic nitrogens is 1. The molecule has 2 aromatic rings. The van der Waals surface area contributed by atoms with Crippen LogP contribution in [0.4, 0.5) is 0 Å². The van der Waals surface area contributed by atoms with E-state index in [1.54, 1.807) is 0 Å². The summed E-state index contributed by atoms with van der Waals surface area (Å²) in [6.45, 7) is 2.00. The van der Waals surface area contributed by atoms with Crippen LogP contribution in [0.5, 0.6) is 0 Å². The van der Waals surface area contributed by atoms with Crippen LogP contribution in [-0.2, 0) is 0 Å². The predicted octanol–water partition coefficient (Wildman–Crippen LogP) is 3.23. The van der Waals surface area contributed by atoms with E-state index in [1.807, 2.05) is 12.1 Å². The fraction of sp³-hybridized carbons (Fsp3) is 0.385. The summed E-state index contributed by atoms with van der Waals surface area (Å²) in [5, 5.41) is 6.44. The standard InChI is InChI=1S/C13H14ClN2/c14-11-1-2-13-10(9-11)5-8-16(13)12-3-6-15-7-4-12/h1-2,5,8-9,12H,3-4,6-7H2. The van der Waals surface area contributed by atoms with Crippen LogP contribution in [-0.4, -0.2) is 17.7 Å². The van der Waals surface area contributed by atoms with Crippen molar-refractivity contribution in [2.75, 3.05) is 13.1 Å². The molecule has 0 amide bonds. The van der Waals surface area contributed by atoms with Crippen LogP contribution in [0.1, 0.15) is 18.9 Å². The fourth-order valence-corrected chi connectivity index (χ4v) is 2.65. The first-order valence-corrected chi connectivity index (χ1v) is 6.12. The Morgan fingerprint density at radius 1 is 1.19 bits per heavy atom. The molecule has 1 fully saturated rings. The van der Waals surface area contributed by atoms with E-state index in [0.29, 0.717) is 6.04 Å². The lowest BCUT2D eigenvalue weighted by atomic mass is 10.1. The number of piperidine rings is 1. The van der Waals surface area contributed by atoms with Gasteiger partial charge in [-0.2, -0.15) is 0 Å². The predicted molar refractivity (Wildman–Crippen MR) is 67.1 cm³/mol. The van der Waals surface area contributed by atoms with Gasteiger partial charge in [0, 0.05) is 41.3 Å². The zero-order chi connectivity index (χ0) is 11.0. The third kappa shape index (κ3) is 1.72.